The summed E-state index contributed by atoms with van der Waals surface area (Å²) >= 11 is 0. The monoisotopic (exact) mass is 533 g/mol. The predicted molar refractivity (Wildman–Crippen MR) is 153 cm³/mol. The summed E-state index contributed by atoms with van der Waals surface area (Å²) in [6, 6.07) is 17.5. The van der Waals surface area contributed by atoms with Crippen molar-refractivity contribution in [2.45, 2.75) is 19.9 Å². The number of imidazole rings is 1. The van der Waals surface area contributed by atoms with Gasteiger partial charge in [-0.25, -0.2) is 19.3 Å². The topological polar surface area (TPSA) is 147 Å². The quantitative estimate of drug-likeness (QED) is 0.200. The maximum absolute atomic E-state index is 14.2. The number of nitrogens with zero attached hydrogens (tertiary/aromatic N) is 3. The predicted octanol–water partition coefficient (Wildman–Crippen LogP) is 5.75. The van der Waals surface area contributed by atoms with Crippen molar-refractivity contribution < 1.29 is 8.81 Å². The number of nitrogens with two attached hydrogens (primary N) is 1. The third-order valence-electron chi connectivity index (χ3n) is 6.70. The lowest BCUT2D eigenvalue weighted by molar-refractivity contribution is 0.515. The highest BCUT2D eigenvalue weighted by molar-refractivity contribution is 6.17. The van der Waals surface area contributed by atoms with Crippen LogP contribution in [-0.2, 0) is 0 Å². The number of nitrogens with one attached hydrogen (secondary N) is 3. The van der Waals surface area contributed by atoms with Crippen LogP contribution in [0.1, 0.15) is 35.7 Å². The summed E-state index contributed by atoms with van der Waals surface area (Å²) in [5.74, 6) is 0.981. The Morgan fingerprint density at radius 3 is 2.75 bits per heavy atom. The third-order valence-corrected chi connectivity index (χ3v) is 6.70. The maximum atomic E-state index is 14.2. The number of para-hydroxylation sites is 1. The molecule has 5 N–H and O–H groups in total. The van der Waals surface area contributed by atoms with Crippen molar-refractivity contribution in [1.82, 2.24) is 19.9 Å². The first-order valence-corrected chi connectivity index (χ1v) is 12.5. The van der Waals surface area contributed by atoms with Crippen LogP contribution in [-0.4, -0.2) is 25.6 Å². The molecule has 0 spiro atoms. The number of nitrogen functional groups attached to an aromatic ring is 1. The van der Waals surface area contributed by atoms with E-state index < -0.39 is 11.9 Å². The number of aromatic amines is 1. The van der Waals surface area contributed by atoms with Crippen LogP contribution < -0.4 is 16.5 Å². The van der Waals surface area contributed by atoms with Crippen LogP contribution in [0.2, 0.25) is 0 Å². The minimum atomic E-state index is -0.630. The molecule has 3 aromatic heterocycles. The number of halogens is 1. The largest absolute Gasteiger partial charge is 0.458 e. The molecule has 1 atom stereocenters. The van der Waals surface area contributed by atoms with E-state index >= 15 is 0 Å². The van der Waals surface area contributed by atoms with E-state index in [-0.39, 0.29) is 28.3 Å². The van der Waals surface area contributed by atoms with Crippen LogP contribution in [0.4, 0.5) is 16.0 Å². The van der Waals surface area contributed by atoms with Gasteiger partial charge in [-0.15, -0.1) is 0 Å². The van der Waals surface area contributed by atoms with E-state index in [0.29, 0.717) is 33.4 Å². The molecule has 0 radical (unpaired) electrons. The van der Waals surface area contributed by atoms with E-state index in [1.165, 1.54) is 18.5 Å². The Kier molecular flexibility index (Phi) is 6.07. The lowest BCUT2D eigenvalue weighted by Crippen LogP contribution is -2.18. The molecule has 40 heavy (non-hydrogen) atoms. The molecule has 0 aliphatic heterocycles. The summed E-state index contributed by atoms with van der Waals surface area (Å²) < 4.78 is 20.5. The zero-order valence-corrected chi connectivity index (χ0v) is 21.6. The molecule has 0 amide bonds. The molecular formula is C30H24FN7O2. The molecule has 6 rings (SSSR count). The zero-order chi connectivity index (χ0) is 28.0. The summed E-state index contributed by atoms with van der Waals surface area (Å²) in [6.45, 7) is 3.65. The Labute approximate surface area is 227 Å². The van der Waals surface area contributed by atoms with Crippen LogP contribution >= 0.6 is 0 Å². The van der Waals surface area contributed by atoms with Gasteiger partial charge in [0, 0.05) is 5.56 Å². The number of aryl methyl sites for hydroxylation is 1. The minimum Gasteiger partial charge on any atom is -0.458 e. The molecule has 9 nitrogen and oxygen atoms in total. The van der Waals surface area contributed by atoms with Gasteiger partial charge in [-0.1, -0.05) is 30.3 Å². The van der Waals surface area contributed by atoms with Crippen molar-refractivity contribution in [2.24, 2.45) is 0 Å². The van der Waals surface area contributed by atoms with Crippen molar-refractivity contribution in [3.63, 3.8) is 0 Å². The number of hydrogen-bond donors (Lipinski definition) is 4. The van der Waals surface area contributed by atoms with Gasteiger partial charge in [0.2, 0.25) is 5.43 Å². The fourth-order valence-electron chi connectivity index (χ4n) is 4.84. The lowest BCUT2D eigenvalue weighted by Gasteiger charge is -2.20. The van der Waals surface area contributed by atoms with E-state index in [0.717, 1.165) is 16.9 Å². The van der Waals surface area contributed by atoms with Crippen LogP contribution in [0.3, 0.4) is 0 Å². The molecule has 0 bridgehead atoms. The number of fused-ring (bicyclic) bond motifs is 2. The zero-order valence-electron chi connectivity index (χ0n) is 21.6. The fraction of sp³-hybridized carbons (Fsp3) is 0.100. The molecule has 0 saturated heterocycles. The highest BCUT2D eigenvalue weighted by Crippen LogP contribution is 2.32. The smallest absolute Gasteiger partial charge is 0.200 e. The summed E-state index contributed by atoms with van der Waals surface area (Å²) in [5.41, 5.74) is 9.56. The van der Waals surface area contributed by atoms with Gasteiger partial charge >= 0.3 is 0 Å². The molecule has 0 saturated carbocycles. The molecule has 10 heteroatoms. The Morgan fingerprint density at radius 2 is 1.93 bits per heavy atom. The van der Waals surface area contributed by atoms with Crippen molar-refractivity contribution in [1.29, 1.82) is 5.41 Å². The van der Waals surface area contributed by atoms with Gasteiger partial charge in [-0.3, -0.25) is 10.2 Å². The van der Waals surface area contributed by atoms with Crippen molar-refractivity contribution in [2.75, 3.05) is 11.1 Å². The summed E-state index contributed by atoms with van der Waals surface area (Å²) in [6.07, 6.45) is 1.30. The van der Waals surface area contributed by atoms with Gasteiger partial charge in [-0.2, -0.15) is 0 Å². The number of hydrogen-bond acceptors (Lipinski definition) is 8. The molecule has 6 aromatic rings. The Bertz CT molecular complexity index is 2000. The number of H-pyrrole nitrogens is 1. The molecule has 198 valence electrons. The van der Waals surface area contributed by atoms with Gasteiger partial charge in [0.05, 0.1) is 39.3 Å². The maximum Gasteiger partial charge on any atom is 0.200 e. The van der Waals surface area contributed by atoms with Crippen LogP contribution in [0, 0.1) is 18.2 Å². The van der Waals surface area contributed by atoms with Gasteiger partial charge in [-0.05, 0) is 55.8 Å². The first kappa shape index (κ1) is 24.9. The molecule has 0 fully saturated rings. The highest BCUT2D eigenvalue weighted by Gasteiger charge is 2.24. The fourth-order valence-corrected chi connectivity index (χ4v) is 4.84. The van der Waals surface area contributed by atoms with Crippen LogP contribution in [0.25, 0.3) is 33.1 Å². The first-order valence-electron chi connectivity index (χ1n) is 12.5. The second-order valence-electron chi connectivity index (χ2n) is 9.45. The molecule has 3 heterocycles. The van der Waals surface area contributed by atoms with Gasteiger partial charge in [0.15, 0.2) is 0 Å². The third kappa shape index (κ3) is 4.35. The molecule has 3 aromatic carbocycles. The van der Waals surface area contributed by atoms with Gasteiger partial charge < -0.3 is 20.5 Å². The van der Waals surface area contributed by atoms with E-state index in [1.54, 1.807) is 49.4 Å². The lowest BCUT2D eigenvalue weighted by atomic mass is 9.98. The number of aromatic nitrogens is 4. The average Bonchev–Trinajstić information content (AvgIpc) is 3.32. The highest BCUT2D eigenvalue weighted by atomic mass is 19.1. The Morgan fingerprint density at radius 1 is 1.10 bits per heavy atom. The summed E-state index contributed by atoms with van der Waals surface area (Å²) in [4.78, 5) is 29.7. The average molecular weight is 534 g/mol. The van der Waals surface area contributed by atoms with Crippen LogP contribution in [0.5, 0.6) is 0 Å². The molecule has 1 unspecified atom stereocenters. The second kappa shape index (κ2) is 9.73. The Hall–Kier alpha value is -5.38. The normalized spacial score (nSPS) is 12.1. The SMILES string of the molecule is Cc1nc2ccc(C(=N)c3c(N)ncnc3NC(C)c3oc4ccccc4c(=O)c3-c3cccc(F)c3)cc2[nH]1. The number of benzene rings is 3. The van der Waals surface area contributed by atoms with Crippen LogP contribution in [0.15, 0.2) is 82.3 Å². The van der Waals surface area contributed by atoms with E-state index in [1.807, 2.05) is 19.1 Å². The van der Waals surface area contributed by atoms with Gasteiger partial charge in [0.25, 0.3) is 0 Å². The molecule has 0 aliphatic rings. The second-order valence-corrected chi connectivity index (χ2v) is 9.45. The summed E-state index contributed by atoms with van der Waals surface area (Å²) in [7, 11) is 0. The van der Waals surface area contributed by atoms with E-state index in [9.17, 15) is 9.18 Å². The number of rotatable bonds is 6. The van der Waals surface area contributed by atoms with E-state index in [4.69, 9.17) is 15.6 Å². The molecular weight excluding hydrogens is 509 g/mol. The first-order chi connectivity index (χ1) is 19.3. The van der Waals surface area contributed by atoms with Gasteiger partial charge in [0.1, 0.15) is 40.9 Å². The summed E-state index contributed by atoms with van der Waals surface area (Å²) in [5, 5.41) is 12.6. The van der Waals surface area contributed by atoms with E-state index in [2.05, 4.69) is 25.3 Å². The number of anilines is 2. The van der Waals surface area contributed by atoms with Crippen molar-refractivity contribution >= 4 is 39.4 Å². The Balaban J connectivity index is 1.45. The van der Waals surface area contributed by atoms with Crippen molar-refractivity contribution in [3.05, 3.63) is 112 Å². The van der Waals surface area contributed by atoms with Crippen molar-refractivity contribution in [3.8, 4) is 11.1 Å². The molecule has 0 aliphatic carbocycles. The minimum absolute atomic E-state index is 0.104. The standard InChI is InChI=1S/C30H24FN7O2/c1-15(28-24(17-6-5-7-19(31)12-17)27(39)20-8-3-4-9-23(20)40-28)36-30-25(29(33)34-14-35-30)26(32)18-10-11-21-22(13-18)38-16(2)37-21/h3-15,32H,1-2H3,(H,37,38)(H3,33,34,35,36).